The third-order valence-corrected chi connectivity index (χ3v) is 4.07. The van der Waals surface area contributed by atoms with Crippen LogP contribution in [0.3, 0.4) is 0 Å². The number of alkyl halides is 1. The Kier molecular flexibility index (Phi) is 4.93. The van der Waals surface area contributed by atoms with Gasteiger partial charge in [0, 0.05) is 17.0 Å². The number of rotatable bonds is 5. The number of halogens is 1. The summed E-state index contributed by atoms with van der Waals surface area (Å²) < 4.78 is 0. The van der Waals surface area contributed by atoms with Gasteiger partial charge in [-0.05, 0) is 17.9 Å². The quantitative estimate of drug-likeness (QED) is 0.467. The van der Waals surface area contributed by atoms with E-state index in [1.165, 1.54) is 0 Å². The molecule has 0 radical (unpaired) electrons. The normalized spacial score (nSPS) is 14.4. The SMILES string of the molecule is CCC(C)C(Br)Cc1ccc([N+](=O)[O-])cc1. The van der Waals surface area contributed by atoms with E-state index in [9.17, 15) is 10.1 Å². The second-order valence-corrected chi connectivity index (χ2v) is 5.21. The highest BCUT2D eigenvalue weighted by Gasteiger charge is 2.13. The fraction of sp³-hybridized carbons (Fsp3) is 0.500. The summed E-state index contributed by atoms with van der Waals surface area (Å²) in [6, 6.07) is 6.78. The lowest BCUT2D eigenvalue weighted by atomic mass is 9.99. The molecule has 0 bridgehead atoms. The molecule has 0 N–H and O–H groups in total. The Morgan fingerprint density at radius 2 is 1.94 bits per heavy atom. The first-order valence-corrected chi connectivity index (χ1v) is 6.33. The summed E-state index contributed by atoms with van der Waals surface area (Å²) in [5.41, 5.74) is 1.28. The van der Waals surface area contributed by atoms with Crippen LogP contribution >= 0.6 is 15.9 Å². The Hall–Kier alpha value is -0.900. The molecule has 3 nitrogen and oxygen atoms in total. The summed E-state index contributed by atoms with van der Waals surface area (Å²) in [7, 11) is 0. The Balaban J connectivity index is 2.65. The number of benzene rings is 1. The van der Waals surface area contributed by atoms with Crippen LogP contribution in [-0.4, -0.2) is 9.75 Å². The summed E-state index contributed by atoms with van der Waals surface area (Å²) in [4.78, 5) is 10.5. The van der Waals surface area contributed by atoms with Gasteiger partial charge >= 0.3 is 0 Å². The maximum absolute atomic E-state index is 10.5. The second kappa shape index (κ2) is 5.99. The molecule has 4 heteroatoms. The van der Waals surface area contributed by atoms with Crippen molar-refractivity contribution < 1.29 is 4.92 Å². The van der Waals surface area contributed by atoms with E-state index in [4.69, 9.17) is 0 Å². The lowest BCUT2D eigenvalue weighted by Gasteiger charge is -2.16. The second-order valence-electron chi connectivity index (χ2n) is 4.03. The summed E-state index contributed by atoms with van der Waals surface area (Å²) >= 11 is 3.65. The molecule has 88 valence electrons. The topological polar surface area (TPSA) is 43.1 Å². The smallest absolute Gasteiger partial charge is 0.258 e. The Morgan fingerprint density at radius 1 is 1.38 bits per heavy atom. The van der Waals surface area contributed by atoms with Crippen LogP contribution in [0.1, 0.15) is 25.8 Å². The predicted octanol–water partition coefficient (Wildman–Crippen LogP) is 3.95. The van der Waals surface area contributed by atoms with Gasteiger partial charge in [-0.1, -0.05) is 48.3 Å². The molecule has 0 heterocycles. The highest BCUT2D eigenvalue weighted by Crippen LogP contribution is 2.22. The van der Waals surface area contributed by atoms with E-state index in [0.29, 0.717) is 10.7 Å². The molecule has 0 aliphatic heterocycles. The molecule has 1 aromatic carbocycles. The van der Waals surface area contributed by atoms with Gasteiger partial charge in [0.05, 0.1) is 4.92 Å². The van der Waals surface area contributed by atoms with Gasteiger partial charge in [0.1, 0.15) is 0 Å². The van der Waals surface area contributed by atoms with E-state index in [2.05, 4.69) is 29.8 Å². The summed E-state index contributed by atoms with van der Waals surface area (Å²) in [6.45, 7) is 4.36. The van der Waals surface area contributed by atoms with Crippen LogP contribution < -0.4 is 0 Å². The van der Waals surface area contributed by atoms with Crippen molar-refractivity contribution in [1.82, 2.24) is 0 Å². The lowest BCUT2D eigenvalue weighted by Crippen LogP contribution is -2.12. The molecule has 1 aromatic rings. The molecule has 16 heavy (non-hydrogen) atoms. The van der Waals surface area contributed by atoms with Gasteiger partial charge in [-0.25, -0.2) is 0 Å². The summed E-state index contributed by atoms with van der Waals surface area (Å²) in [6.07, 6.45) is 2.04. The Morgan fingerprint density at radius 3 is 2.38 bits per heavy atom. The molecule has 0 amide bonds. The maximum Gasteiger partial charge on any atom is 0.269 e. The molecule has 0 fully saturated rings. The monoisotopic (exact) mass is 285 g/mol. The van der Waals surface area contributed by atoms with Crippen LogP contribution in [0.15, 0.2) is 24.3 Å². The Labute approximate surface area is 104 Å². The van der Waals surface area contributed by atoms with Gasteiger partial charge in [-0.2, -0.15) is 0 Å². The van der Waals surface area contributed by atoms with Crippen LogP contribution in [0.2, 0.25) is 0 Å². The summed E-state index contributed by atoms with van der Waals surface area (Å²) in [5.74, 6) is 0.607. The van der Waals surface area contributed by atoms with Crippen molar-refractivity contribution in [3.63, 3.8) is 0 Å². The summed E-state index contributed by atoms with van der Waals surface area (Å²) in [5, 5.41) is 10.5. The van der Waals surface area contributed by atoms with Gasteiger partial charge in [-0.15, -0.1) is 0 Å². The molecule has 0 spiro atoms. The number of nitrogens with zero attached hydrogens (tertiary/aromatic N) is 1. The molecule has 1 rings (SSSR count). The van der Waals surface area contributed by atoms with Crippen LogP contribution in [0.25, 0.3) is 0 Å². The Bertz CT molecular complexity index is 351. The third-order valence-electron chi connectivity index (χ3n) is 2.84. The van der Waals surface area contributed by atoms with Crippen molar-refractivity contribution in [2.24, 2.45) is 5.92 Å². The van der Waals surface area contributed by atoms with Gasteiger partial charge in [0.2, 0.25) is 0 Å². The first-order chi connectivity index (χ1) is 7.54. The molecule has 0 saturated carbocycles. The van der Waals surface area contributed by atoms with Crippen molar-refractivity contribution >= 4 is 21.6 Å². The van der Waals surface area contributed by atoms with Crippen LogP contribution in [0.4, 0.5) is 5.69 Å². The van der Waals surface area contributed by atoms with Gasteiger partial charge in [-0.3, -0.25) is 10.1 Å². The number of non-ortho nitro benzene ring substituents is 1. The average molecular weight is 286 g/mol. The molecular formula is C12H16BrNO2. The molecule has 0 aliphatic carbocycles. The molecule has 2 atom stereocenters. The lowest BCUT2D eigenvalue weighted by molar-refractivity contribution is -0.384. The molecule has 0 aromatic heterocycles. The van der Waals surface area contributed by atoms with E-state index in [0.717, 1.165) is 18.4 Å². The zero-order chi connectivity index (χ0) is 12.1. The largest absolute Gasteiger partial charge is 0.269 e. The first kappa shape index (κ1) is 13.2. The third kappa shape index (κ3) is 3.59. The van der Waals surface area contributed by atoms with Crippen molar-refractivity contribution in [3.05, 3.63) is 39.9 Å². The van der Waals surface area contributed by atoms with E-state index in [1.807, 2.05) is 12.1 Å². The standard InChI is InChI=1S/C12H16BrNO2/c1-3-9(2)12(13)8-10-4-6-11(7-5-10)14(15)16/h4-7,9,12H,3,8H2,1-2H3. The van der Waals surface area contributed by atoms with Gasteiger partial charge in [0.25, 0.3) is 5.69 Å². The van der Waals surface area contributed by atoms with Crippen molar-refractivity contribution in [2.75, 3.05) is 0 Å². The fourth-order valence-corrected chi connectivity index (χ4v) is 2.18. The highest BCUT2D eigenvalue weighted by molar-refractivity contribution is 9.09. The van der Waals surface area contributed by atoms with E-state index < -0.39 is 0 Å². The number of nitro benzene ring substituents is 1. The van der Waals surface area contributed by atoms with Gasteiger partial charge < -0.3 is 0 Å². The van der Waals surface area contributed by atoms with Crippen molar-refractivity contribution in [2.45, 2.75) is 31.5 Å². The molecule has 2 unspecified atom stereocenters. The minimum absolute atomic E-state index is 0.151. The highest BCUT2D eigenvalue weighted by atomic mass is 79.9. The fourth-order valence-electron chi connectivity index (χ4n) is 1.44. The minimum Gasteiger partial charge on any atom is -0.258 e. The number of hydrogen-bond donors (Lipinski definition) is 0. The number of hydrogen-bond acceptors (Lipinski definition) is 2. The van der Waals surface area contributed by atoms with E-state index >= 15 is 0 Å². The van der Waals surface area contributed by atoms with Crippen LogP contribution in [0.5, 0.6) is 0 Å². The van der Waals surface area contributed by atoms with Crippen LogP contribution in [0, 0.1) is 16.0 Å². The van der Waals surface area contributed by atoms with E-state index in [-0.39, 0.29) is 10.6 Å². The molecule has 0 saturated heterocycles. The average Bonchev–Trinajstić information content (AvgIpc) is 2.28. The minimum atomic E-state index is -0.371. The van der Waals surface area contributed by atoms with Crippen molar-refractivity contribution in [3.8, 4) is 0 Å². The zero-order valence-corrected chi connectivity index (χ0v) is 11.1. The first-order valence-electron chi connectivity index (χ1n) is 5.42. The zero-order valence-electron chi connectivity index (χ0n) is 9.52. The molecule has 0 aliphatic rings. The van der Waals surface area contributed by atoms with E-state index in [1.54, 1.807) is 12.1 Å². The predicted molar refractivity (Wildman–Crippen MR) is 69.0 cm³/mol. The van der Waals surface area contributed by atoms with Crippen molar-refractivity contribution in [1.29, 1.82) is 0 Å². The van der Waals surface area contributed by atoms with Gasteiger partial charge in [0.15, 0.2) is 0 Å². The maximum atomic E-state index is 10.5. The molecular weight excluding hydrogens is 270 g/mol. The van der Waals surface area contributed by atoms with Crippen LogP contribution in [-0.2, 0) is 6.42 Å². The number of nitro groups is 1.